The van der Waals surface area contributed by atoms with E-state index in [0.717, 1.165) is 28.7 Å². The number of hydrogen-bond acceptors (Lipinski definition) is 5. The average Bonchev–Trinajstić information content (AvgIpc) is 3.30. The van der Waals surface area contributed by atoms with Gasteiger partial charge in [-0.15, -0.1) is 5.10 Å². The normalized spacial score (nSPS) is 13.8. The Bertz CT molecular complexity index is 1250. The molecular formula is C19H14BrN5O3. The van der Waals surface area contributed by atoms with E-state index < -0.39 is 5.76 Å². The smallest absolute Gasteiger partial charge is 0.408 e. The van der Waals surface area contributed by atoms with Gasteiger partial charge in [-0.25, -0.2) is 9.48 Å². The zero-order chi connectivity index (χ0) is 19.3. The van der Waals surface area contributed by atoms with Gasteiger partial charge in [0.15, 0.2) is 11.3 Å². The van der Waals surface area contributed by atoms with Crippen LogP contribution in [0.25, 0.3) is 16.8 Å². The van der Waals surface area contributed by atoms with E-state index >= 15 is 0 Å². The topological polar surface area (TPSA) is 106 Å². The number of H-pyrrole nitrogens is 1. The lowest BCUT2D eigenvalue weighted by Crippen LogP contribution is -2.15. The largest absolute Gasteiger partial charge is 0.417 e. The number of aromatic nitrogens is 4. The monoisotopic (exact) mass is 439 g/mol. The van der Waals surface area contributed by atoms with Gasteiger partial charge < -0.3 is 9.73 Å². The van der Waals surface area contributed by atoms with Crippen molar-refractivity contribution in [2.24, 2.45) is 0 Å². The van der Waals surface area contributed by atoms with E-state index in [-0.39, 0.29) is 11.8 Å². The zero-order valence-electron chi connectivity index (χ0n) is 14.5. The molecular weight excluding hydrogens is 426 g/mol. The highest BCUT2D eigenvalue weighted by molar-refractivity contribution is 9.10. The minimum atomic E-state index is -0.535. The summed E-state index contributed by atoms with van der Waals surface area (Å²) >= 11 is 3.42. The number of rotatable bonds is 4. The molecule has 2 aromatic heterocycles. The molecule has 4 aromatic rings. The molecule has 1 fully saturated rings. The number of anilines is 1. The summed E-state index contributed by atoms with van der Waals surface area (Å²) in [6, 6.07) is 12.7. The Morgan fingerprint density at radius 2 is 2.00 bits per heavy atom. The Kier molecular flexibility index (Phi) is 3.90. The van der Waals surface area contributed by atoms with E-state index in [0.29, 0.717) is 22.5 Å². The van der Waals surface area contributed by atoms with Crippen LogP contribution in [0.4, 0.5) is 5.69 Å². The Hall–Kier alpha value is -3.20. The van der Waals surface area contributed by atoms with Gasteiger partial charge in [-0.2, -0.15) is 0 Å². The lowest BCUT2D eigenvalue weighted by molar-refractivity contribution is 0.102. The standard InChI is InChI=1S/C19H14BrN5O3/c20-11-3-6-13(7-4-11)25-17(10-1-2-10)16(23-24-25)18(26)21-12-5-8-15-14(9-12)22-19(27)28-15/h3-10H,1-2H2,(H,21,26)(H,22,27). The molecule has 2 heterocycles. The van der Waals surface area contributed by atoms with Crippen LogP contribution in [0.1, 0.15) is 34.9 Å². The molecule has 0 unspecified atom stereocenters. The fourth-order valence-electron chi connectivity index (χ4n) is 3.17. The Morgan fingerprint density at radius 3 is 2.75 bits per heavy atom. The summed E-state index contributed by atoms with van der Waals surface area (Å²) in [6.07, 6.45) is 2.01. The second kappa shape index (κ2) is 6.45. The summed E-state index contributed by atoms with van der Waals surface area (Å²) in [5.41, 5.74) is 3.47. The second-order valence-electron chi connectivity index (χ2n) is 6.67. The number of carbonyl (C=O) groups is 1. The van der Waals surface area contributed by atoms with Crippen LogP contribution in [0.5, 0.6) is 0 Å². The van der Waals surface area contributed by atoms with Crippen molar-refractivity contribution >= 4 is 38.6 Å². The maximum atomic E-state index is 12.9. The highest BCUT2D eigenvalue weighted by atomic mass is 79.9. The Labute approximate surface area is 166 Å². The lowest BCUT2D eigenvalue weighted by Gasteiger charge is -2.08. The molecule has 0 spiro atoms. The van der Waals surface area contributed by atoms with Gasteiger partial charge in [0.05, 0.1) is 16.9 Å². The van der Waals surface area contributed by atoms with E-state index in [9.17, 15) is 9.59 Å². The Morgan fingerprint density at radius 1 is 1.21 bits per heavy atom. The first-order chi connectivity index (χ1) is 13.6. The maximum absolute atomic E-state index is 12.9. The number of benzene rings is 2. The summed E-state index contributed by atoms with van der Waals surface area (Å²) in [5.74, 6) is -0.602. The third-order valence-electron chi connectivity index (χ3n) is 4.63. The van der Waals surface area contributed by atoms with Gasteiger partial charge in [-0.05, 0) is 55.3 Å². The molecule has 0 atom stereocenters. The molecule has 140 valence electrons. The first-order valence-corrected chi connectivity index (χ1v) is 9.53. The predicted octanol–water partition coefficient (Wildman–Crippen LogP) is 3.59. The number of oxazole rings is 1. The van der Waals surface area contributed by atoms with Crippen molar-refractivity contribution in [3.05, 3.63) is 68.9 Å². The van der Waals surface area contributed by atoms with E-state index in [2.05, 4.69) is 36.5 Å². The highest BCUT2D eigenvalue weighted by Gasteiger charge is 2.34. The van der Waals surface area contributed by atoms with Crippen LogP contribution in [-0.2, 0) is 0 Å². The molecule has 0 aliphatic heterocycles. The molecule has 8 nitrogen and oxygen atoms in total. The molecule has 1 aliphatic carbocycles. The number of nitrogens with one attached hydrogen (secondary N) is 2. The van der Waals surface area contributed by atoms with Gasteiger partial charge in [0, 0.05) is 16.1 Å². The van der Waals surface area contributed by atoms with Gasteiger partial charge in [0.25, 0.3) is 5.91 Å². The van der Waals surface area contributed by atoms with E-state index in [1.165, 1.54) is 0 Å². The van der Waals surface area contributed by atoms with Gasteiger partial charge >= 0.3 is 5.76 Å². The average molecular weight is 440 g/mol. The molecule has 0 bridgehead atoms. The summed E-state index contributed by atoms with van der Waals surface area (Å²) in [6.45, 7) is 0. The zero-order valence-corrected chi connectivity index (χ0v) is 16.1. The molecule has 28 heavy (non-hydrogen) atoms. The minimum absolute atomic E-state index is 0.270. The molecule has 0 saturated heterocycles. The molecule has 0 radical (unpaired) electrons. The van der Waals surface area contributed by atoms with Gasteiger partial charge in [0.1, 0.15) is 0 Å². The van der Waals surface area contributed by atoms with Crippen LogP contribution >= 0.6 is 15.9 Å². The van der Waals surface area contributed by atoms with Crippen LogP contribution in [0.2, 0.25) is 0 Å². The van der Waals surface area contributed by atoms with Crippen LogP contribution in [-0.4, -0.2) is 25.9 Å². The number of nitrogens with zero attached hydrogens (tertiary/aromatic N) is 3. The summed E-state index contributed by atoms with van der Waals surface area (Å²) in [7, 11) is 0. The van der Waals surface area contributed by atoms with Crippen molar-refractivity contribution in [3.8, 4) is 5.69 Å². The molecule has 5 rings (SSSR count). The predicted molar refractivity (Wildman–Crippen MR) is 106 cm³/mol. The quantitative estimate of drug-likeness (QED) is 0.505. The third-order valence-corrected chi connectivity index (χ3v) is 5.16. The van der Waals surface area contributed by atoms with Crippen molar-refractivity contribution in [3.63, 3.8) is 0 Å². The fraction of sp³-hybridized carbons (Fsp3) is 0.158. The molecule has 9 heteroatoms. The highest BCUT2D eigenvalue weighted by Crippen LogP contribution is 2.42. The van der Waals surface area contributed by atoms with E-state index in [1.807, 2.05) is 24.3 Å². The van der Waals surface area contributed by atoms with Crippen LogP contribution in [0, 0.1) is 0 Å². The maximum Gasteiger partial charge on any atom is 0.417 e. The number of halogens is 1. The molecule has 1 amide bonds. The van der Waals surface area contributed by atoms with Crippen molar-refractivity contribution in [1.29, 1.82) is 0 Å². The second-order valence-corrected chi connectivity index (χ2v) is 7.58. The number of carbonyl (C=O) groups excluding carboxylic acids is 1. The SMILES string of the molecule is O=C(Nc1ccc2oc(=O)[nH]c2c1)c1nnn(-c2ccc(Br)cc2)c1C1CC1. The van der Waals surface area contributed by atoms with Crippen LogP contribution in [0.3, 0.4) is 0 Å². The van der Waals surface area contributed by atoms with E-state index in [1.54, 1.807) is 22.9 Å². The van der Waals surface area contributed by atoms with Gasteiger partial charge in [0.2, 0.25) is 0 Å². The minimum Gasteiger partial charge on any atom is -0.408 e. The molecule has 1 aliphatic rings. The fourth-order valence-corrected chi connectivity index (χ4v) is 3.43. The number of aromatic amines is 1. The van der Waals surface area contributed by atoms with Gasteiger partial charge in [-0.3, -0.25) is 9.78 Å². The van der Waals surface area contributed by atoms with Gasteiger partial charge in [-0.1, -0.05) is 21.1 Å². The van der Waals surface area contributed by atoms with Crippen LogP contribution in [0.15, 0.2) is 56.1 Å². The molecule has 2 aromatic carbocycles. The number of amides is 1. The van der Waals surface area contributed by atoms with Crippen molar-refractivity contribution in [1.82, 2.24) is 20.0 Å². The van der Waals surface area contributed by atoms with Crippen molar-refractivity contribution < 1.29 is 9.21 Å². The summed E-state index contributed by atoms with van der Waals surface area (Å²) in [5, 5.41) is 11.2. The number of hydrogen-bond donors (Lipinski definition) is 2. The summed E-state index contributed by atoms with van der Waals surface area (Å²) < 4.78 is 7.68. The first-order valence-electron chi connectivity index (χ1n) is 8.74. The lowest BCUT2D eigenvalue weighted by atomic mass is 10.2. The first kappa shape index (κ1) is 16.9. The molecule has 1 saturated carbocycles. The van der Waals surface area contributed by atoms with Crippen LogP contribution < -0.4 is 11.1 Å². The molecule has 2 N–H and O–H groups in total. The third kappa shape index (κ3) is 3.03. The van der Waals surface area contributed by atoms with Crippen molar-refractivity contribution in [2.75, 3.05) is 5.32 Å². The van der Waals surface area contributed by atoms with E-state index in [4.69, 9.17) is 4.42 Å². The number of fused-ring (bicyclic) bond motifs is 1. The summed E-state index contributed by atoms with van der Waals surface area (Å²) in [4.78, 5) is 26.7. The Balaban J connectivity index is 1.48. The van der Waals surface area contributed by atoms with Crippen molar-refractivity contribution in [2.45, 2.75) is 18.8 Å².